The largest absolute Gasteiger partial charge is 0.393 e. The summed E-state index contributed by atoms with van der Waals surface area (Å²) < 4.78 is 0. The molecule has 21 heavy (non-hydrogen) atoms. The highest BCUT2D eigenvalue weighted by molar-refractivity contribution is 5.39. The zero-order chi connectivity index (χ0) is 14.8. The first-order chi connectivity index (χ1) is 9.94. The molecule has 116 valence electrons. The summed E-state index contributed by atoms with van der Waals surface area (Å²) >= 11 is 0. The molecule has 0 saturated heterocycles. The van der Waals surface area contributed by atoms with E-state index in [2.05, 4.69) is 26.0 Å². The maximum Gasteiger partial charge on any atom is 0.0619 e. The van der Waals surface area contributed by atoms with Crippen LogP contribution in [-0.4, -0.2) is 22.4 Å². The monoisotopic (exact) mass is 288 g/mol. The van der Waals surface area contributed by atoms with Crippen LogP contribution < -0.4 is 0 Å². The van der Waals surface area contributed by atoms with Gasteiger partial charge >= 0.3 is 0 Å². The highest BCUT2D eigenvalue weighted by atomic mass is 16.3. The second-order valence-electron chi connectivity index (χ2n) is 8.52. The van der Waals surface area contributed by atoms with Crippen molar-refractivity contribution in [1.82, 2.24) is 0 Å². The van der Waals surface area contributed by atoms with Crippen molar-refractivity contribution < 1.29 is 10.2 Å². The summed E-state index contributed by atoms with van der Waals surface area (Å²) in [4.78, 5) is 0. The van der Waals surface area contributed by atoms with Crippen LogP contribution in [0.4, 0.5) is 0 Å². The Morgan fingerprint density at radius 3 is 2.71 bits per heavy atom. The molecule has 3 saturated carbocycles. The van der Waals surface area contributed by atoms with Crippen molar-refractivity contribution in [2.24, 2.45) is 22.7 Å². The van der Waals surface area contributed by atoms with E-state index < -0.39 is 0 Å². The van der Waals surface area contributed by atoms with E-state index in [1.165, 1.54) is 30.4 Å². The van der Waals surface area contributed by atoms with E-state index in [4.69, 9.17) is 0 Å². The highest BCUT2D eigenvalue weighted by Gasteiger charge is 2.56. The third-order valence-electron chi connectivity index (χ3n) is 7.25. The summed E-state index contributed by atoms with van der Waals surface area (Å²) in [6.07, 6.45) is 11.7. The molecule has 0 aromatic heterocycles. The molecule has 0 amide bonds. The lowest BCUT2D eigenvalue weighted by molar-refractivity contribution is -0.0352. The molecular formula is C19H28O2. The predicted octanol–water partition coefficient (Wildman–Crippen LogP) is 3.59. The summed E-state index contributed by atoms with van der Waals surface area (Å²) in [6.45, 7) is 4.72. The number of allylic oxidation sites excluding steroid dienone is 2. The van der Waals surface area contributed by atoms with Crippen LogP contribution in [0.5, 0.6) is 0 Å². The van der Waals surface area contributed by atoms with Gasteiger partial charge in [-0.05, 0) is 55.3 Å². The first-order valence-corrected chi connectivity index (χ1v) is 8.71. The quantitative estimate of drug-likeness (QED) is 0.715. The number of aliphatic hydroxyl groups is 2. The van der Waals surface area contributed by atoms with Gasteiger partial charge in [-0.3, -0.25) is 0 Å². The minimum Gasteiger partial charge on any atom is -0.393 e. The van der Waals surface area contributed by atoms with E-state index in [0.717, 1.165) is 25.7 Å². The van der Waals surface area contributed by atoms with E-state index in [-0.39, 0.29) is 17.6 Å². The summed E-state index contributed by atoms with van der Waals surface area (Å²) in [6, 6.07) is 0. The van der Waals surface area contributed by atoms with Crippen molar-refractivity contribution >= 4 is 0 Å². The van der Waals surface area contributed by atoms with Crippen molar-refractivity contribution in [2.75, 3.05) is 0 Å². The molecule has 0 aromatic carbocycles. The van der Waals surface area contributed by atoms with Crippen molar-refractivity contribution in [1.29, 1.82) is 0 Å². The van der Waals surface area contributed by atoms with Gasteiger partial charge in [-0.25, -0.2) is 0 Å². The molecule has 0 aromatic rings. The Kier molecular flexibility index (Phi) is 2.97. The minimum absolute atomic E-state index is 0.0760. The highest BCUT2D eigenvalue weighted by Crippen LogP contribution is 2.63. The van der Waals surface area contributed by atoms with Crippen LogP contribution in [-0.2, 0) is 0 Å². The normalized spacial score (nSPS) is 52.4. The summed E-state index contributed by atoms with van der Waals surface area (Å²) in [5.74, 6) is 0.966. The van der Waals surface area contributed by atoms with Crippen LogP contribution in [0.3, 0.4) is 0 Å². The van der Waals surface area contributed by atoms with Gasteiger partial charge < -0.3 is 10.2 Å². The van der Waals surface area contributed by atoms with Gasteiger partial charge in [0, 0.05) is 5.92 Å². The van der Waals surface area contributed by atoms with Gasteiger partial charge in [-0.1, -0.05) is 43.6 Å². The van der Waals surface area contributed by atoms with Crippen LogP contribution >= 0.6 is 0 Å². The Balaban J connectivity index is 1.78. The van der Waals surface area contributed by atoms with E-state index in [1.54, 1.807) is 0 Å². The molecule has 6 atom stereocenters. The molecule has 0 unspecified atom stereocenters. The number of rotatable bonds is 0. The standard InChI is InChI=1S/C19H28O2/c1-18-8-3-4-15(18)14-6-5-12-10-13(20)7-9-19(12,2)17(14)16(21)11-18/h5-6,13,15-17,20-21H,3-4,7-11H2,1-2H3/t13-,15-,16-,17+,18-,19-/m0/s1. The van der Waals surface area contributed by atoms with E-state index in [1.807, 2.05) is 0 Å². The fourth-order valence-corrected chi connectivity index (χ4v) is 6.12. The van der Waals surface area contributed by atoms with Gasteiger partial charge in [0.15, 0.2) is 0 Å². The van der Waals surface area contributed by atoms with Crippen LogP contribution in [0, 0.1) is 22.7 Å². The lowest BCUT2D eigenvalue weighted by atomic mass is 9.50. The number of aliphatic hydroxyl groups excluding tert-OH is 2. The molecule has 2 nitrogen and oxygen atoms in total. The molecule has 4 rings (SSSR count). The Bertz CT molecular complexity index is 520. The molecule has 0 spiro atoms. The zero-order valence-electron chi connectivity index (χ0n) is 13.3. The van der Waals surface area contributed by atoms with Crippen LogP contribution in [0.25, 0.3) is 0 Å². The second-order valence-corrected chi connectivity index (χ2v) is 8.52. The van der Waals surface area contributed by atoms with Gasteiger partial charge in [-0.2, -0.15) is 0 Å². The maximum absolute atomic E-state index is 11.0. The molecule has 0 radical (unpaired) electrons. The third-order valence-corrected chi connectivity index (χ3v) is 7.25. The Labute approximate surface area is 127 Å². The predicted molar refractivity (Wildman–Crippen MR) is 83.7 cm³/mol. The molecule has 0 bridgehead atoms. The zero-order valence-corrected chi connectivity index (χ0v) is 13.3. The molecule has 4 aliphatic carbocycles. The van der Waals surface area contributed by atoms with Crippen molar-refractivity contribution in [2.45, 2.75) is 71.0 Å². The molecule has 3 fully saturated rings. The van der Waals surface area contributed by atoms with E-state index >= 15 is 0 Å². The van der Waals surface area contributed by atoms with Gasteiger partial charge in [0.25, 0.3) is 0 Å². The van der Waals surface area contributed by atoms with Crippen molar-refractivity contribution in [3.8, 4) is 0 Å². The number of hydrogen-bond donors (Lipinski definition) is 2. The van der Waals surface area contributed by atoms with E-state index in [9.17, 15) is 10.2 Å². The minimum atomic E-state index is -0.209. The molecule has 0 heterocycles. The Morgan fingerprint density at radius 1 is 1.10 bits per heavy atom. The number of hydrogen-bond acceptors (Lipinski definition) is 2. The Morgan fingerprint density at radius 2 is 1.90 bits per heavy atom. The second kappa shape index (κ2) is 4.45. The first kappa shape index (κ1) is 14.0. The van der Waals surface area contributed by atoms with Crippen molar-refractivity contribution in [3.63, 3.8) is 0 Å². The van der Waals surface area contributed by atoms with Gasteiger partial charge in [-0.15, -0.1) is 0 Å². The van der Waals surface area contributed by atoms with Crippen molar-refractivity contribution in [3.05, 3.63) is 23.3 Å². The average Bonchev–Trinajstić information content (AvgIpc) is 2.80. The topological polar surface area (TPSA) is 40.5 Å². The molecule has 2 heteroatoms. The average molecular weight is 288 g/mol. The summed E-state index contributed by atoms with van der Waals surface area (Å²) in [7, 11) is 0. The SMILES string of the molecule is C[C@@]12CCC[C@H]1C1=CC=C3C[C@@H](O)CC[C@]3(C)[C@H]1[C@@H](O)C2. The van der Waals surface area contributed by atoms with Gasteiger partial charge in [0.2, 0.25) is 0 Å². The molecule has 2 N–H and O–H groups in total. The first-order valence-electron chi connectivity index (χ1n) is 8.71. The smallest absolute Gasteiger partial charge is 0.0619 e. The fourth-order valence-electron chi connectivity index (χ4n) is 6.12. The summed E-state index contributed by atoms with van der Waals surface area (Å²) in [5, 5.41) is 20.9. The molecular weight excluding hydrogens is 260 g/mol. The van der Waals surface area contributed by atoms with Gasteiger partial charge in [0.1, 0.15) is 0 Å². The maximum atomic E-state index is 11.0. The lowest BCUT2D eigenvalue weighted by Gasteiger charge is -2.55. The number of fused-ring (bicyclic) bond motifs is 5. The third kappa shape index (κ3) is 1.85. The van der Waals surface area contributed by atoms with Gasteiger partial charge in [0.05, 0.1) is 12.2 Å². The van der Waals surface area contributed by atoms with E-state index in [0.29, 0.717) is 17.3 Å². The summed E-state index contributed by atoms with van der Waals surface area (Å²) in [5.41, 5.74) is 3.29. The van der Waals surface area contributed by atoms with Crippen LogP contribution in [0.2, 0.25) is 0 Å². The molecule has 0 aliphatic heterocycles. The van der Waals surface area contributed by atoms with Crippen LogP contribution in [0.15, 0.2) is 23.3 Å². The Hall–Kier alpha value is -0.600. The van der Waals surface area contributed by atoms with Crippen LogP contribution in [0.1, 0.15) is 58.8 Å². The molecule has 4 aliphatic rings. The fraction of sp³-hybridized carbons (Fsp3) is 0.789. The lowest BCUT2D eigenvalue weighted by Crippen LogP contribution is -2.51.